The first-order valence-electron chi connectivity index (χ1n) is 4.66. The fraction of sp³-hybridized carbons (Fsp3) is 0.889. The van der Waals surface area contributed by atoms with Crippen LogP contribution in [0.25, 0.3) is 0 Å². The van der Waals surface area contributed by atoms with Crippen LogP contribution in [0.2, 0.25) is 0 Å². The van der Waals surface area contributed by atoms with Crippen molar-refractivity contribution in [3.63, 3.8) is 0 Å². The minimum absolute atomic E-state index is 0.00500. The number of amides is 1. The molecule has 0 spiro atoms. The SMILES string of the molecule is CC(CO)N(C)C(=O)[C@@H]1CCCO1. The summed E-state index contributed by atoms with van der Waals surface area (Å²) < 4.78 is 5.26. The Balaban J connectivity index is 2.45. The molecule has 0 aliphatic carbocycles. The van der Waals surface area contributed by atoms with Crippen molar-refractivity contribution >= 4 is 5.91 Å². The van der Waals surface area contributed by atoms with Gasteiger partial charge in [-0.05, 0) is 19.8 Å². The first kappa shape index (κ1) is 10.5. The highest BCUT2D eigenvalue weighted by molar-refractivity contribution is 5.81. The number of aliphatic hydroxyl groups excluding tert-OH is 1. The summed E-state index contributed by atoms with van der Waals surface area (Å²) in [7, 11) is 1.70. The molecule has 0 aromatic rings. The van der Waals surface area contributed by atoms with Gasteiger partial charge in [-0.25, -0.2) is 0 Å². The van der Waals surface area contributed by atoms with E-state index in [1.165, 1.54) is 0 Å². The molecule has 1 saturated heterocycles. The minimum atomic E-state index is -0.279. The van der Waals surface area contributed by atoms with E-state index < -0.39 is 0 Å². The molecule has 4 nitrogen and oxygen atoms in total. The molecule has 0 aromatic heterocycles. The first-order chi connectivity index (χ1) is 6.16. The van der Waals surface area contributed by atoms with E-state index in [1.54, 1.807) is 11.9 Å². The van der Waals surface area contributed by atoms with E-state index in [1.807, 2.05) is 6.92 Å². The monoisotopic (exact) mass is 187 g/mol. The van der Waals surface area contributed by atoms with Gasteiger partial charge in [-0.15, -0.1) is 0 Å². The van der Waals surface area contributed by atoms with Crippen LogP contribution in [0.5, 0.6) is 0 Å². The molecule has 76 valence electrons. The van der Waals surface area contributed by atoms with Gasteiger partial charge in [0.15, 0.2) is 0 Å². The Morgan fingerprint density at radius 2 is 2.46 bits per heavy atom. The standard InChI is InChI=1S/C9H17NO3/c1-7(6-11)10(2)9(12)8-4-3-5-13-8/h7-8,11H,3-6H2,1-2H3/t7?,8-/m0/s1. The molecule has 1 amide bonds. The summed E-state index contributed by atoms with van der Waals surface area (Å²) in [4.78, 5) is 13.2. The number of aliphatic hydroxyl groups is 1. The predicted octanol–water partition coefficient (Wildman–Crippen LogP) is 0.00460. The number of likely N-dealkylation sites (N-methyl/N-ethyl adjacent to an activating group) is 1. The van der Waals surface area contributed by atoms with Gasteiger partial charge in [0.2, 0.25) is 0 Å². The van der Waals surface area contributed by atoms with E-state index in [9.17, 15) is 4.79 Å². The summed E-state index contributed by atoms with van der Waals surface area (Å²) >= 11 is 0. The molecular formula is C9H17NO3. The van der Waals surface area contributed by atoms with Crippen molar-refractivity contribution in [2.45, 2.75) is 31.9 Å². The fourth-order valence-corrected chi connectivity index (χ4v) is 1.34. The molecule has 2 atom stereocenters. The normalized spacial score (nSPS) is 24.4. The molecule has 4 heteroatoms. The maximum absolute atomic E-state index is 11.6. The van der Waals surface area contributed by atoms with Gasteiger partial charge >= 0.3 is 0 Å². The van der Waals surface area contributed by atoms with Gasteiger partial charge in [0.05, 0.1) is 12.6 Å². The Morgan fingerprint density at radius 3 is 2.92 bits per heavy atom. The molecule has 1 aliphatic rings. The lowest BCUT2D eigenvalue weighted by molar-refractivity contribution is -0.142. The Bertz CT molecular complexity index is 178. The van der Waals surface area contributed by atoms with Crippen LogP contribution >= 0.6 is 0 Å². The van der Waals surface area contributed by atoms with Crippen molar-refractivity contribution < 1.29 is 14.6 Å². The summed E-state index contributed by atoms with van der Waals surface area (Å²) in [5.74, 6) is -0.0148. The van der Waals surface area contributed by atoms with Crippen molar-refractivity contribution in [2.24, 2.45) is 0 Å². The van der Waals surface area contributed by atoms with Crippen LogP contribution in [-0.2, 0) is 9.53 Å². The zero-order valence-corrected chi connectivity index (χ0v) is 8.19. The minimum Gasteiger partial charge on any atom is -0.394 e. The second kappa shape index (κ2) is 4.58. The van der Waals surface area contributed by atoms with Gasteiger partial charge in [0.1, 0.15) is 6.10 Å². The van der Waals surface area contributed by atoms with Crippen LogP contribution in [0.4, 0.5) is 0 Å². The van der Waals surface area contributed by atoms with Crippen molar-refractivity contribution in [3.8, 4) is 0 Å². The molecule has 1 heterocycles. The quantitative estimate of drug-likeness (QED) is 0.677. The van der Waals surface area contributed by atoms with Gasteiger partial charge in [0, 0.05) is 13.7 Å². The summed E-state index contributed by atoms with van der Waals surface area (Å²) in [6, 6.07) is -0.128. The smallest absolute Gasteiger partial charge is 0.251 e. The Hall–Kier alpha value is -0.610. The van der Waals surface area contributed by atoms with Crippen LogP contribution in [0.3, 0.4) is 0 Å². The molecular weight excluding hydrogens is 170 g/mol. The van der Waals surface area contributed by atoms with Crippen LogP contribution in [0, 0.1) is 0 Å². The Morgan fingerprint density at radius 1 is 1.77 bits per heavy atom. The highest BCUT2D eigenvalue weighted by Gasteiger charge is 2.28. The third kappa shape index (κ3) is 2.42. The number of carbonyl (C=O) groups excluding carboxylic acids is 1. The van der Waals surface area contributed by atoms with Crippen molar-refractivity contribution in [1.82, 2.24) is 4.90 Å². The van der Waals surface area contributed by atoms with E-state index in [4.69, 9.17) is 9.84 Å². The van der Waals surface area contributed by atoms with Crippen LogP contribution in [-0.4, -0.2) is 48.3 Å². The molecule has 0 aromatic carbocycles. The summed E-state index contributed by atoms with van der Waals surface area (Å²) in [6.45, 7) is 2.49. The van der Waals surface area contributed by atoms with Crippen molar-refractivity contribution in [1.29, 1.82) is 0 Å². The zero-order valence-electron chi connectivity index (χ0n) is 8.19. The van der Waals surface area contributed by atoms with Crippen LogP contribution in [0.1, 0.15) is 19.8 Å². The van der Waals surface area contributed by atoms with Gasteiger partial charge in [-0.3, -0.25) is 4.79 Å². The fourth-order valence-electron chi connectivity index (χ4n) is 1.34. The third-order valence-corrected chi connectivity index (χ3v) is 2.48. The molecule has 13 heavy (non-hydrogen) atoms. The lowest BCUT2D eigenvalue weighted by Crippen LogP contribution is -2.43. The van der Waals surface area contributed by atoms with E-state index in [-0.39, 0.29) is 24.7 Å². The number of ether oxygens (including phenoxy) is 1. The summed E-state index contributed by atoms with van der Waals surface area (Å²) in [5.41, 5.74) is 0. The average molecular weight is 187 g/mol. The van der Waals surface area contributed by atoms with Crippen LogP contribution < -0.4 is 0 Å². The number of rotatable bonds is 3. The first-order valence-corrected chi connectivity index (χ1v) is 4.66. The predicted molar refractivity (Wildman–Crippen MR) is 48.3 cm³/mol. The molecule has 1 rings (SSSR count). The molecule has 0 radical (unpaired) electrons. The molecule has 1 fully saturated rings. The average Bonchev–Trinajstić information content (AvgIpc) is 2.67. The Kier molecular flexibility index (Phi) is 3.69. The van der Waals surface area contributed by atoms with Gasteiger partial charge in [-0.2, -0.15) is 0 Å². The maximum atomic E-state index is 11.6. The maximum Gasteiger partial charge on any atom is 0.251 e. The van der Waals surface area contributed by atoms with Gasteiger partial charge < -0.3 is 14.7 Å². The largest absolute Gasteiger partial charge is 0.394 e. The highest BCUT2D eigenvalue weighted by Crippen LogP contribution is 2.14. The highest BCUT2D eigenvalue weighted by atomic mass is 16.5. The van der Waals surface area contributed by atoms with E-state index in [2.05, 4.69) is 0 Å². The summed E-state index contributed by atoms with van der Waals surface area (Å²) in [5, 5.41) is 8.86. The molecule has 0 saturated carbocycles. The van der Waals surface area contributed by atoms with Crippen molar-refractivity contribution in [3.05, 3.63) is 0 Å². The topological polar surface area (TPSA) is 49.8 Å². The lowest BCUT2D eigenvalue weighted by Gasteiger charge is -2.25. The molecule has 1 unspecified atom stereocenters. The second-order valence-corrected chi connectivity index (χ2v) is 3.48. The number of hydrogen-bond donors (Lipinski definition) is 1. The van der Waals surface area contributed by atoms with E-state index in [0.717, 1.165) is 12.8 Å². The van der Waals surface area contributed by atoms with Gasteiger partial charge in [-0.1, -0.05) is 0 Å². The van der Waals surface area contributed by atoms with E-state index >= 15 is 0 Å². The zero-order chi connectivity index (χ0) is 9.84. The molecule has 1 aliphatic heterocycles. The third-order valence-electron chi connectivity index (χ3n) is 2.48. The van der Waals surface area contributed by atoms with Crippen LogP contribution in [0.15, 0.2) is 0 Å². The number of nitrogens with zero attached hydrogens (tertiary/aromatic N) is 1. The number of carbonyl (C=O) groups is 1. The lowest BCUT2D eigenvalue weighted by atomic mass is 10.2. The van der Waals surface area contributed by atoms with Crippen molar-refractivity contribution in [2.75, 3.05) is 20.3 Å². The number of hydrogen-bond acceptors (Lipinski definition) is 3. The second-order valence-electron chi connectivity index (χ2n) is 3.48. The molecule has 0 bridgehead atoms. The molecule has 1 N–H and O–H groups in total. The van der Waals surface area contributed by atoms with Gasteiger partial charge in [0.25, 0.3) is 5.91 Å². The summed E-state index contributed by atoms with van der Waals surface area (Å²) in [6.07, 6.45) is 1.48. The van der Waals surface area contributed by atoms with E-state index in [0.29, 0.717) is 6.61 Å². The Labute approximate surface area is 78.5 Å².